The van der Waals surface area contributed by atoms with Crippen LogP contribution >= 0.6 is 0 Å². The molecule has 1 atom stereocenters. The summed E-state index contributed by atoms with van der Waals surface area (Å²) in [5, 5.41) is 42.9. The molecule has 0 radical (unpaired) electrons. The first kappa shape index (κ1) is 20.1. The fourth-order valence-electron chi connectivity index (χ4n) is 4.31. The van der Waals surface area contributed by atoms with E-state index in [1.165, 1.54) is 23.6 Å². The number of carbonyl (C=O) groups is 1. The molecule has 156 valence electrons. The largest absolute Gasteiger partial charge is 0.547 e. The van der Waals surface area contributed by atoms with E-state index in [9.17, 15) is 30.0 Å². The van der Waals surface area contributed by atoms with Crippen LogP contribution in [-0.4, -0.2) is 30.8 Å². The third-order valence-corrected chi connectivity index (χ3v) is 5.95. The lowest BCUT2D eigenvalue weighted by Crippen LogP contribution is -2.47. The molecule has 3 heterocycles. The van der Waals surface area contributed by atoms with Crippen LogP contribution in [0.25, 0.3) is 22.3 Å². The van der Waals surface area contributed by atoms with E-state index in [1.54, 1.807) is 12.1 Å². The van der Waals surface area contributed by atoms with E-state index < -0.39 is 23.7 Å². The Bertz CT molecular complexity index is 1260. The first-order chi connectivity index (χ1) is 14.3. The number of aliphatic carboxylic acids is 1. The number of hydrogen-bond donors (Lipinski definition) is 3. The molecule has 0 bridgehead atoms. The molecule has 0 fully saturated rings. The summed E-state index contributed by atoms with van der Waals surface area (Å²) in [7, 11) is 0. The number of pyridine rings is 2. The predicted molar refractivity (Wildman–Crippen MR) is 107 cm³/mol. The molecule has 2 aromatic heterocycles. The summed E-state index contributed by atoms with van der Waals surface area (Å²) in [4.78, 5) is 29.5. The van der Waals surface area contributed by atoms with Gasteiger partial charge in [0, 0.05) is 22.1 Å². The summed E-state index contributed by atoms with van der Waals surface area (Å²) < 4.78 is 1.43. The van der Waals surface area contributed by atoms with E-state index in [0.717, 1.165) is 16.5 Å². The number of phenols is 1. The van der Waals surface area contributed by atoms with Gasteiger partial charge in [0.1, 0.15) is 11.4 Å². The highest BCUT2D eigenvalue weighted by Gasteiger charge is 2.36. The minimum Gasteiger partial charge on any atom is -0.547 e. The number of aliphatic hydroxyl groups is 2. The number of aryl methyl sites for hydroxylation is 1. The predicted octanol–water partition coefficient (Wildman–Crippen LogP) is 0.533. The average molecular weight is 409 g/mol. The molecule has 3 N–H and O–H groups in total. The van der Waals surface area contributed by atoms with Gasteiger partial charge in [-0.15, -0.1) is 0 Å². The first-order valence-corrected chi connectivity index (χ1v) is 9.73. The van der Waals surface area contributed by atoms with Gasteiger partial charge in [0.05, 0.1) is 36.0 Å². The van der Waals surface area contributed by atoms with Crippen molar-refractivity contribution in [2.24, 2.45) is 0 Å². The van der Waals surface area contributed by atoms with Gasteiger partial charge >= 0.3 is 0 Å². The fourth-order valence-corrected chi connectivity index (χ4v) is 4.31. The van der Waals surface area contributed by atoms with E-state index in [-0.39, 0.29) is 29.8 Å². The Labute approximate surface area is 171 Å². The molecule has 1 aliphatic rings. The molecular weight excluding hydrogens is 388 g/mol. The van der Waals surface area contributed by atoms with Crippen molar-refractivity contribution in [2.75, 3.05) is 0 Å². The van der Waals surface area contributed by atoms with Crippen LogP contribution in [0.1, 0.15) is 42.5 Å². The Morgan fingerprint density at radius 3 is 2.60 bits per heavy atom. The maximum atomic E-state index is 13.1. The highest BCUT2D eigenvalue weighted by Crippen LogP contribution is 2.39. The van der Waals surface area contributed by atoms with E-state index in [4.69, 9.17) is 0 Å². The van der Waals surface area contributed by atoms with Gasteiger partial charge in [-0.25, -0.2) is 4.98 Å². The van der Waals surface area contributed by atoms with Crippen LogP contribution in [0.3, 0.4) is 0 Å². The van der Waals surface area contributed by atoms with Crippen LogP contribution in [0.4, 0.5) is 0 Å². The topological polar surface area (TPSA) is 136 Å². The molecule has 8 heteroatoms. The fraction of sp³-hybridized carbons (Fsp3) is 0.318. The molecule has 0 saturated heterocycles. The van der Waals surface area contributed by atoms with Crippen molar-refractivity contribution < 1.29 is 25.2 Å². The Kier molecular flexibility index (Phi) is 4.63. The molecule has 0 aliphatic carbocycles. The van der Waals surface area contributed by atoms with Crippen LogP contribution in [-0.2, 0) is 30.0 Å². The van der Waals surface area contributed by atoms with Gasteiger partial charge in [-0.05, 0) is 42.7 Å². The minimum atomic E-state index is -2.41. The third-order valence-electron chi connectivity index (χ3n) is 5.95. The van der Waals surface area contributed by atoms with E-state index in [1.807, 2.05) is 6.92 Å². The Morgan fingerprint density at radius 1 is 1.27 bits per heavy atom. The van der Waals surface area contributed by atoms with Crippen molar-refractivity contribution in [2.45, 2.75) is 45.4 Å². The number of aliphatic hydroxyl groups excluding tert-OH is 1. The van der Waals surface area contributed by atoms with Gasteiger partial charge in [0.25, 0.3) is 5.56 Å². The van der Waals surface area contributed by atoms with Crippen LogP contribution in [0, 0.1) is 0 Å². The summed E-state index contributed by atoms with van der Waals surface area (Å²) in [6.07, 6.45) is 0.397. The van der Waals surface area contributed by atoms with Crippen molar-refractivity contribution in [3.8, 4) is 17.1 Å². The minimum absolute atomic E-state index is 0.110. The van der Waals surface area contributed by atoms with Crippen LogP contribution in [0.5, 0.6) is 5.75 Å². The summed E-state index contributed by atoms with van der Waals surface area (Å²) in [5.41, 5.74) is -0.111. The SMILES string of the molecule is CCc1c2c(nc3ccc(O)cc13)-c1cc([C@@](O)(CC)C(=O)[O-])c(CO)c(=O)n1C2. The van der Waals surface area contributed by atoms with Crippen molar-refractivity contribution >= 4 is 16.9 Å². The molecule has 0 amide bonds. The molecule has 1 aromatic carbocycles. The Hall–Kier alpha value is -3.23. The molecule has 8 nitrogen and oxygen atoms in total. The quantitative estimate of drug-likeness (QED) is 0.437. The number of phenolic OH excluding ortho intramolecular Hbond substituents is 1. The number of carboxylic acid groups (broad SMARTS) is 1. The number of rotatable bonds is 5. The van der Waals surface area contributed by atoms with Crippen molar-refractivity contribution in [3.05, 3.63) is 56.9 Å². The van der Waals surface area contributed by atoms with Gasteiger partial charge in [-0.1, -0.05) is 13.8 Å². The van der Waals surface area contributed by atoms with Gasteiger partial charge in [-0.2, -0.15) is 0 Å². The number of carbonyl (C=O) groups excluding carboxylic acids is 1. The summed E-state index contributed by atoms with van der Waals surface area (Å²) >= 11 is 0. The number of aromatic nitrogens is 2. The maximum Gasteiger partial charge on any atom is 0.257 e. The van der Waals surface area contributed by atoms with Crippen LogP contribution in [0.2, 0.25) is 0 Å². The molecule has 0 saturated carbocycles. The summed E-state index contributed by atoms with van der Waals surface area (Å²) in [6, 6.07) is 6.24. The number of hydrogen-bond acceptors (Lipinski definition) is 7. The lowest BCUT2D eigenvalue weighted by atomic mass is 9.87. The van der Waals surface area contributed by atoms with Gasteiger partial charge in [-0.3, -0.25) is 4.79 Å². The van der Waals surface area contributed by atoms with Crippen molar-refractivity contribution in [1.29, 1.82) is 0 Å². The standard InChI is InChI=1S/C22H22N2O6/c1-3-12-13-7-11(26)5-6-17(13)23-19-14(12)9-24-18(19)8-16(15(10-25)20(24)27)22(30,4-2)21(28)29/h5-8,25-26,30H,3-4,9-10H2,1-2H3,(H,28,29)/p-1/t22-/m0/s1. The zero-order valence-corrected chi connectivity index (χ0v) is 16.6. The first-order valence-electron chi connectivity index (χ1n) is 9.73. The number of benzene rings is 1. The Morgan fingerprint density at radius 2 is 2.00 bits per heavy atom. The zero-order valence-electron chi connectivity index (χ0n) is 16.6. The lowest BCUT2D eigenvalue weighted by molar-refractivity contribution is -0.326. The van der Waals surface area contributed by atoms with E-state index in [2.05, 4.69) is 4.98 Å². The smallest absolute Gasteiger partial charge is 0.257 e. The van der Waals surface area contributed by atoms with Crippen molar-refractivity contribution in [3.63, 3.8) is 0 Å². The van der Waals surface area contributed by atoms with Crippen LogP contribution in [0.15, 0.2) is 29.1 Å². The second kappa shape index (κ2) is 6.93. The maximum absolute atomic E-state index is 13.1. The molecule has 1 aliphatic heterocycles. The zero-order chi connectivity index (χ0) is 21.8. The molecule has 4 rings (SSSR count). The number of nitrogens with zero attached hydrogens (tertiary/aromatic N) is 2. The van der Waals surface area contributed by atoms with Crippen molar-refractivity contribution in [1.82, 2.24) is 9.55 Å². The average Bonchev–Trinajstić information content (AvgIpc) is 3.09. The lowest BCUT2D eigenvalue weighted by Gasteiger charge is -2.30. The van der Waals surface area contributed by atoms with E-state index >= 15 is 0 Å². The monoisotopic (exact) mass is 409 g/mol. The normalized spacial score (nSPS) is 14.4. The summed E-state index contributed by atoms with van der Waals surface area (Å²) in [5.74, 6) is -1.63. The number of fused-ring (bicyclic) bond motifs is 4. The number of carboxylic acids is 1. The Balaban J connectivity index is 2.08. The van der Waals surface area contributed by atoms with E-state index in [0.29, 0.717) is 23.3 Å². The third kappa shape index (κ3) is 2.64. The second-order valence-corrected chi connectivity index (χ2v) is 7.45. The molecule has 30 heavy (non-hydrogen) atoms. The molecular formula is C22H21N2O6-. The van der Waals surface area contributed by atoms with Gasteiger partial charge in [0.15, 0.2) is 0 Å². The van der Waals surface area contributed by atoms with Gasteiger partial charge in [0.2, 0.25) is 0 Å². The molecule has 3 aromatic rings. The molecule has 0 spiro atoms. The van der Waals surface area contributed by atoms with Gasteiger partial charge < -0.3 is 29.8 Å². The van der Waals surface area contributed by atoms with Crippen LogP contribution < -0.4 is 10.7 Å². The highest BCUT2D eigenvalue weighted by molar-refractivity contribution is 5.89. The highest BCUT2D eigenvalue weighted by atomic mass is 16.4. The molecule has 0 unspecified atom stereocenters. The number of aromatic hydroxyl groups is 1. The summed E-state index contributed by atoms with van der Waals surface area (Å²) in [6.45, 7) is 2.91. The second-order valence-electron chi connectivity index (χ2n) is 7.45.